The maximum absolute atomic E-state index is 12.9. The number of rotatable bonds is 5. The topological polar surface area (TPSA) is 68.5 Å². The summed E-state index contributed by atoms with van der Waals surface area (Å²) in [6, 6.07) is 6.10. The third kappa shape index (κ3) is 3.65. The summed E-state index contributed by atoms with van der Waals surface area (Å²) in [7, 11) is 0. The second-order valence-electron chi connectivity index (χ2n) is 5.04. The predicted molar refractivity (Wildman–Crippen MR) is 85.4 cm³/mol. The smallest absolute Gasteiger partial charge is 0.265 e. The van der Waals surface area contributed by atoms with Crippen molar-refractivity contribution in [1.29, 1.82) is 0 Å². The average Bonchev–Trinajstić information content (AvgIpc) is 3.02. The summed E-state index contributed by atoms with van der Waals surface area (Å²) >= 11 is 5.76. The van der Waals surface area contributed by atoms with Crippen molar-refractivity contribution in [2.24, 2.45) is 0 Å². The molecule has 0 saturated heterocycles. The van der Waals surface area contributed by atoms with E-state index in [1.54, 1.807) is 24.5 Å². The van der Waals surface area contributed by atoms with E-state index in [2.05, 4.69) is 25.6 Å². The van der Waals surface area contributed by atoms with Gasteiger partial charge in [-0.1, -0.05) is 16.8 Å². The summed E-state index contributed by atoms with van der Waals surface area (Å²) in [6.07, 6.45) is 0.642. The number of nitrogens with one attached hydrogen (secondary N) is 1. The zero-order valence-corrected chi connectivity index (χ0v) is 13.4. The van der Waals surface area contributed by atoms with Gasteiger partial charge >= 0.3 is 0 Å². The van der Waals surface area contributed by atoms with Crippen LogP contribution in [-0.2, 0) is 6.54 Å². The van der Waals surface area contributed by atoms with E-state index in [1.807, 2.05) is 6.92 Å². The molecule has 0 spiro atoms. The molecule has 2 heterocycles. The SMILES string of the molecule is Cc1ccnc(NCc2cn(-c3ccc(Cl)c(C(F)F)c3)nn2)n1. The number of aromatic nitrogens is 5. The zero-order valence-electron chi connectivity index (χ0n) is 12.6. The van der Waals surface area contributed by atoms with Crippen LogP contribution in [0.2, 0.25) is 5.02 Å². The fraction of sp³-hybridized carbons (Fsp3) is 0.200. The highest BCUT2D eigenvalue weighted by Crippen LogP contribution is 2.28. The maximum Gasteiger partial charge on any atom is 0.265 e. The van der Waals surface area contributed by atoms with Crippen molar-refractivity contribution >= 4 is 17.5 Å². The number of hydrogen-bond donors (Lipinski definition) is 1. The van der Waals surface area contributed by atoms with Crippen LogP contribution in [0.3, 0.4) is 0 Å². The van der Waals surface area contributed by atoms with E-state index in [-0.39, 0.29) is 10.6 Å². The van der Waals surface area contributed by atoms with E-state index < -0.39 is 6.43 Å². The van der Waals surface area contributed by atoms with E-state index in [0.29, 0.717) is 23.9 Å². The van der Waals surface area contributed by atoms with Gasteiger partial charge in [0, 0.05) is 22.5 Å². The first-order valence-electron chi connectivity index (χ1n) is 7.05. The molecule has 0 aliphatic heterocycles. The Morgan fingerprint density at radius 2 is 2.12 bits per heavy atom. The first-order chi connectivity index (χ1) is 11.5. The molecule has 0 atom stereocenters. The third-order valence-electron chi connectivity index (χ3n) is 3.24. The van der Waals surface area contributed by atoms with Crippen LogP contribution in [0.5, 0.6) is 0 Å². The molecule has 0 radical (unpaired) electrons. The standard InChI is InChI=1S/C15H13ClF2N6/c1-9-4-5-19-15(21-9)20-7-10-8-24(23-22-10)11-2-3-13(16)12(6-11)14(17)18/h2-6,8,14H,7H2,1H3,(H,19,20,21). The second kappa shape index (κ2) is 6.88. The summed E-state index contributed by atoms with van der Waals surface area (Å²) in [4.78, 5) is 8.30. The Bertz CT molecular complexity index is 851. The van der Waals surface area contributed by atoms with Gasteiger partial charge in [0.25, 0.3) is 6.43 Å². The molecule has 0 aliphatic carbocycles. The van der Waals surface area contributed by atoms with Crippen LogP contribution < -0.4 is 5.32 Å². The molecule has 1 N–H and O–H groups in total. The predicted octanol–water partition coefficient (Wildman–Crippen LogP) is 3.57. The molecule has 6 nitrogen and oxygen atoms in total. The molecule has 9 heteroatoms. The summed E-state index contributed by atoms with van der Waals surface area (Å²) < 4.78 is 27.2. The fourth-order valence-corrected chi connectivity index (χ4v) is 2.25. The Morgan fingerprint density at radius 3 is 2.88 bits per heavy atom. The van der Waals surface area contributed by atoms with Crippen LogP contribution in [0.25, 0.3) is 5.69 Å². The van der Waals surface area contributed by atoms with Crippen molar-refractivity contribution in [3.63, 3.8) is 0 Å². The number of nitrogens with zero attached hydrogens (tertiary/aromatic N) is 5. The van der Waals surface area contributed by atoms with Gasteiger partial charge in [-0.2, -0.15) is 0 Å². The Hall–Kier alpha value is -2.61. The quantitative estimate of drug-likeness (QED) is 0.762. The molecule has 0 amide bonds. The molecule has 1 aromatic carbocycles. The van der Waals surface area contributed by atoms with Crippen molar-refractivity contribution < 1.29 is 8.78 Å². The van der Waals surface area contributed by atoms with E-state index >= 15 is 0 Å². The number of benzene rings is 1. The van der Waals surface area contributed by atoms with Gasteiger partial charge in [-0.05, 0) is 31.2 Å². The van der Waals surface area contributed by atoms with Crippen molar-refractivity contribution in [2.75, 3.05) is 5.32 Å². The highest BCUT2D eigenvalue weighted by molar-refractivity contribution is 6.31. The lowest BCUT2D eigenvalue weighted by Gasteiger charge is -2.06. The third-order valence-corrected chi connectivity index (χ3v) is 3.59. The van der Waals surface area contributed by atoms with Crippen LogP contribution in [0, 0.1) is 6.92 Å². The van der Waals surface area contributed by atoms with Crippen molar-refractivity contribution in [3.05, 3.63) is 58.6 Å². The Morgan fingerprint density at radius 1 is 1.29 bits per heavy atom. The number of anilines is 1. The maximum atomic E-state index is 12.9. The van der Waals surface area contributed by atoms with E-state index in [9.17, 15) is 8.78 Å². The lowest BCUT2D eigenvalue weighted by atomic mass is 10.2. The van der Waals surface area contributed by atoms with E-state index in [1.165, 1.54) is 16.8 Å². The average molecular weight is 351 g/mol. The molecule has 2 aromatic heterocycles. The Balaban J connectivity index is 1.75. The Kier molecular flexibility index (Phi) is 4.66. The van der Waals surface area contributed by atoms with Crippen LogP contribution in [0.4, 0.5) is 14.7 Å². The van der Waals surface area contributed by atoms with E-state index in [0.717, 1.165) is 5.69 Å². The Labute approximate surface area is 141 Å². The monoisotopic (exact) mass is 350 g/mol. The molecule has 0 fully saturated rings. The molecule has 0 aliphatic rings. The summed E-state index contributed by atoms with van der Waals surface area (Å²) in [5.41, 5.74) is 1.68. The van der Waals surface area contributed by atoms with Crippen LogP contribution in [0.1, 0.15) is 23.4 Å². The van der Waals surface area contributed by atoms with Gasteiger partial charge in [0.1, 0.15) is 5.69 Å². The van der Waals surface area contributed by atoms with Crippen molar-refractivity contribution in [3.8, 4) is 5.69 Å². The molecular weight excluding hydrogens is 338 g/mol. The fourth-order valence-electron chi connectivity index (χ4n) is 2.05. The minimum absolute atomic E-state index is 0.0207. The van der Waals surface area contributed by atoms with Crippen molar-refractivity contribution in [2.45, 2.75) is 19.9 Å². The summed E-state index contributed by atoms with van der Waals surface area (Å²) in [6.45, 7) is 2.23. The number of alkyl halides is 2. The van der Waals surface area contributed by atoms with Gasteiger partial charge in [-0.15, -0.1) is 5.10 Å². The molecule has 24 heavy (non-hydrogen) atoms. The van der Waals surface area contributed by atoms with Crippen LogP contribution >= 0.6 is 11.6 Å². The molecule has 0 bridgehead atoms. The summed E-state index contributed by atoms with van der Waals surface area (Å²) in [5.74, 6) is 0.482. The molecular formula is C15H13ClF2N6. The van der Waals surface area contributed by atoms with Crippen molar-refractivity contribution in [1.82, 2.24) is 25.0 Å². The van der Waals surface area contributed by atoms with Gasteiger partial charge in [0.05, 0.1) is 18.4 Å². The first kappa shape index (κ1) is 16.3. The minimum atomic E-state index is -2.65. The minimum Gasteiger partial charge on any atom is -0.348 e. The van der Waals surface area contributed by atoms with Gasteiger partial charge in [0.2, 0.25) is 5.95 Å². The molecule has 0 saturated carbocycles. The number of halogens is 3. The lowest BCUT2D eigenvalue weighted by Crippen LogP contribution is -2.04. The molecule has 0 unspecified atom stereocenters. The highest BCUT2D eigenvalue weighted by Gasteiger charge is 2.14. The molecule has 124 valence electrons. The van der Waals surface area contributed by atoms with Gasteiger partial charge < -0.3 is 5.32 Å². The lowest BCUT2D eigenvalue weighted by molar-refractivity contribution is 0.151. The van der Waals surface area contributed by atoms with Crippen LogP contribution in [0.15, 0.2) is 36.7 Å². The molecule has 3 rings (SSSR count). The van der Waals surface area contributed by atoms with Crippen LogP contribution in [-0.4, -0.2) is 25.0 Å². The first-order valence-corrected chi connectivity index (χ1v) is 7.43. The zero-order chi connectivity index (χ0) is 17.1. The van der Waals surface area contributed by atoms with E-state index in [4.69, 9.17) is 11.6 Å². The number of hydrogen-bond acceptors (Lipinski definition) is 5. The summed E-state index contributed by atoms with van der Waals surface area (Å²) in [5, 5.41) is 11.0. The second-order valence-corrected chi connectivity index (χ2v) is 5.44. The normalized spacial score (nSPS) is 11.0. The largest absolute Gasteiger partial charge is 0.348 e. The molecule has 3 aromatic rings. The number of aryl methyl sites for hydroxylation is 1. The van der Waals surface area contributed by atoms with Gasteiger partial charge in [-0.25, -0.2) is 23.4 Å². The highest BCUT2D eigenvalue weighted by atomic mass is 35.5. The van der Waals surface area contributed by atoms with Gasteiger partial charge in [0.15, 0.2) is 0 Å². The van der Waals surface area contributed by atoms with Gasteiger partial charge in [-0.3, -0.25) is 0 Å².